The monoisotopic (exact) mass is 182 g/mol. The number of aldehydes is 1. The first-order valence-electron chi connectivity index (χ1n) is 5.51. The molecule has 2 rings (SSSR count). The Hall–Kier alpha value is -0.370. The molecule has 0 spiro atoms. The standard InChI is InChI=1S/C11H18O2/c12-8-10-6-7-11(13-10)9-4-2-1-3-5-9/h8-11H,1-7H2/t10-,11-/m0/s1. The fourth-order valence-electron chi connectivity index (χ4n) is 2.64. The first kappa shape index (κ1) is 9.20. The van der Waals surface area contributed by atoms with Gasteiger partial charge in [-0.15, -0.1) is 0 Å². The molecular formula is C11H18O2. The fourth-order valence-corrected chi connectivity index (χ4v) is 2.64. The van der Waals surface area contributed by atoms with E-state index in [4.69, 9.17) is 4.74 Å². The second-order valence-electron chi connectivity index (χ2n) is 4.32. The summed E-state index contributed by atoms with van der Waals surface area (Å²) in [5.74, 6) is 0.749. The van der Waals surface area contributed by atoms with Gasteiger partial charge in [-0.3, -0.25) is 0 Å². The Morgan fingerprint density at radius 2 is 1.77 bits per heavy atom. The summed E-state index contributed by atoms with van der Waals surface area (Å²) in [5.41, 5.74) is 0. The molecule has 74 valence electrons. The fraction of sp³-hybridized carbons (Fsp3) is 0.909. The summed E-state index contributed by atoms with van der Waals surface area (Å²) in [4.78, 5) is 10.5. The molecule has 0 N–H and O–H groups in total. The van der Waals surface area contributed by atoms with E-state index in [1.54, 1.807) is 0 Å². The van der Waals surface area contributed by atoms with E-state index < -0.39 is 0 Å². The molecule has 1 heterocycles. The van der Waals surface area contributed by atoms with Gasteiger partial charge in [0, 0.05) is 0 Å². The van der Waals surface area contributed by atoms with Gasteiger partial charge in [0.25, 0.3) is 0 Å². The zero-order chi connectivity index (χ0) is 9.10. The molecule has 1 saturated carbocycles. The molecule has 2 heteroatoms. The summed E-state index contributed by atoms with van der Waals surface area (Å²) in [6.07, 6.45) is 10.1. The van der Waals surface area contributed by atoms with Crippen molar-refractivity contribution in [2.75, 3.05) is 0 Å². The molecule has 2 fully saturated rings. The van der Waals surface area contributed by atoms with Crippen molar-refractivity contribution in [3.63, 3.8) is 0 Å². The van der Waals surface area contributed by atoms with E-state index in [-0.39, 0.29) is 6.10 Å². The van der Waals surface area contributed by atoms with Crippen molar-refractivity contribution < 1.29 is 9.53 Å². The van der Waals surface area contributed by atoms with Crippen LogP contribution in [0.25, 0.3) is 0 Å². The topological polar surface area (TPSA) is 26.3 Å². The van der Waals surface area contributed by atoms with Gasteiger partial charge < -0.3 is 9.53 Å². The normalized spacial score (nSPS) is 36.3. The molecule has 0 aromatic carbocycles. The van der Waals surface area contributed by atoms with Gasteiger partial charge in [0.05, 0.1) is 6.10 Å². The molecule has 0 aromatic rings. The van der Waals surface area contributed by atoms with E-state index in [0.717, 1.165) is 25.0 Å². The second-order valence-corrected chi connectivity index (χ2v) is 4.32. The number of hydrogen-bond donors (Lipinski definition) is 0. The highest BCUT2D eigenvalue weighted by atomic mass is 16.5. The van der Waals surface area contributed by atoms with Crippen LogP contribution in [0, 0.1) is 5.92 Å². The van der Waals surface area contributed by atoms with Gasteiger partial charge in [0.15, 0.2) is 0 Å². The molecule has 1 saturated heterocycles. The van der Waals surface area contributed by atoms with Crippen molar-refractivity contribution in [2.24, 2.45) is 5.92 Å². The number of ether oxygens (including phenoxy) is 1. The van der Waals surface area contributed by atoms with E-state index in [1.165, 1.54) is 32.1 Å². The summed E-state index contributed by atoms with van der Waals surface area (Å²) in [6, 6.07) is 0. The van der Waals surface area contributed by atoms with Crippen LogP contribution in [0.15, 0.2) is 0 Å². The van der Waals surface area contributed by atoms with E-state index in [9.17, 15) is 4.79 Å². The molecule has 0 bridgehead atoms. The lowest BCUT2D eigenvalue weighted by Crippen LogP contribution is -2.23. The number of carbonyl (C=O) groups excluding carboxylic acids is 1. The molecule has 0 amide bonds. The van der Waals surface area contributed by atoms with E-state index in [0.29, 0.717) is 6.10 Å². The first-order valence-corrected chi connectivity index (χ1v) is 5.51. The zero-order valence-corrected chi connectivity index (χ0v) is 8.08. The third-order valence-electron chi connectivity index (χ3n) is 3.41. The number of rotatable bonds is 2. The molecule has 1 aliphatic carbocycles. The lowest BCUT2D eigenvalue weighted by molar-refractivity contribution is -0.118. The molecule has 2 atom stereocenters. The maximum absolute atomic E-state index is 10.5. The largest absolute Gasteiger partial charge is 0.367 e. The molecule has 1 aliphatic heterocycles. The van der Waals surface area contributed by atoms with Gasteiger partial charge in [-0.05, 0) is 31.6 Å². The zero-order valence-electron chi connectivity index (χ0n) is 8.08. The molecule has 0 aromatic heterocycles. The minimum Gasteiger partial charge on any atom is -0.367 e. The van der Waals surface area contributed by atoms with Crippen molar-refractivity contribution in [1.29, 1.82) is 0 Å². The van der Waals surface area contributed by atoms with E-state index in [1.807, 2.05) is 0 Å². The van der Waals surface area contributed by atoms with Crippen LogP contribution in [0.3, 0.4) is 0 Å². The van der Waals surface area contributed by atoms with Crippen LogP contribution in [-0.4, -0.2) is 18.5 Å². The Morgan fingerprint density at radius 3 is 2.38 bits per heavy atom. The van der Waals surface area contributed by atoms with Crippen molar-refractivity contribution in [3.05, 3.63) is 0 Å². The maximum atomic E-state index is 10.5. The summed E-state index contributed by atoms with van der Waals surface area (Å²) in [7, 11) is 0. The molecule has 2 aliphatic rings. The minimum absolute atomic E-state index is 0.0908. The summed E-state index contributed by atoms with van der Waals surface area (Å²) in [5, 5.41) is 0. The number of carbonyl (C=O) groups is 1. The Bertz CT molecular complexity index is 173. The van der Waals surface area contributed by atoms with E-state index in [2.05, 4.69) is 0 Å². The predicted octanol–water partition coefficient (Wildman–Crippen LogP) is 2.31. The van der Waals surface area contributed by atoms with Crippen LogP contribution >= 0.6 is 0 Å². The lowest BCUT2D eigenvalue weighted by atomic mass is 9.84. The molecule has 0 radical (unpaired) electrons. The second kappa shape index (κ2) is 4.23. The van der Waals surface area contributed by atoms with Crippen LogP contribution in [0.4, 0.5) is 0 Å². The van der Waals surface area contributed by atoms with Gasteiger partial charge in [-0.2, -0.15) is 0 Å². The van der Waals surface area contributed by atoms with Crippen LogP contribution in [0.5, 0.6) is 0 Å². The summed E-state index contributed by atoms with van der Waals surface area (Å²) in [6.45, 7) is 0. The Labute approximate surface area is 79.7 Å². The first-order chi connectivity index (χ1) is 6.40. The highest BCUT2D eigenvalue weighted by Gasteiger charge is 2.31. The Kier molecular flexibility index (Phi) is 2.99. The Balaban J connectivity index is 1.83. The van der Waals surface area contributed by atoms with Crippen molar-refractivity contribution >= 4 is 6.29 Å². The SMILES string of the molecule is O=C[C@@H]1CC[C@@H](C2CCCCC2)O1. The van der Waals surface area contributed by atoms with Gasteiger partial charge in [-0.1, -0.05) is 19.3 Å². The molecule has 13 heavy (non-hydrogen) atoms. The molecule has 2 nitrogen and oxygen atoms in total. The van der Waals surface area contributed by atoms with Crippen molar-refractivity contribution in [3.8, 4) is 0 Å². The average molecular weight is 182 g/mol. The van der Waals surface area contributed by atoms with Crippen LogP contribution in [0.2, 0.25) is 0 Å². The average Bonchev–Trinajstić information content (AvgIpc) is 2.67. The van der Waals surface area contributed by atoms with Crippen LogP contribution < -0.4 is 0 Å². The van der Waals surface area contributed by atoms with Crippen LogP contribution in [-0.2, 0) is 9.53 Å². The Morgan fingerprint density at radius 1 is 1.00 bits per heavy atom. The quantitative estimate of drug-likeness (QED) is 0.612. The van der Waals surface area contributed by atoms with Gasteiger partial charge in [0.1, 0.15) is 12.4 Å². The summed E-state index contributed by atoms with van der Waals surface area (Å²) < 4.78 is 5.68. The van der Waals surface area contributed by atoms with Crippen molar-refractivity contribution in [1.82, 2.24) is 0 Å². The number of hydrogen-bond acceptors (Lipinski definition) is 2. The van der Waals surface area contributed by atoms with Gasteiger partial charge >= 0.3 is 0 Å². The third-order valence-corrected chi connectivity index (χ3v) is 3.41. The lowest BCUT2D eigenvalue weighted by Gasteiger charge is -2.26. The molecule has 0 unspecified atom stereocenters. The van der Waals surface area contributed by atoms with E-state index >= 15 is 0 Å². The van der Waals surface area contributed by atoms with Crippen molar-refractivity contribution in [2.45, 2.75) is 57.2 Å². The maximum Gasteiger partial charge on any atom is 0.148 e. The third kappa shape index (κ3) is 2.11. The molecular weight excluding hydrogens is 164 g/mol. The van der Waals surface area contributed by atoms with Gasteiger partial charge in [-0.25, -0.2) is 0 Å². The smallest absolute Gasteiger partial charge is 0.148 e. The van der Waals surface area contributed by atoms with Crippen LogP contribution in [0.1, 0.15) is 44.9 Å². The predicted molar refractivity (Wildman–Crippen MR) is 50.5 cm³/mol. The highest BCUT2D eigenvalue weighted by molar-refractivity contribution is 5.56. The highest BCUT2D eigenvalue weighted by Crippen LogP contribution is 2.34. The van der Waals surface area contributed by atoms with Gasteiger partial charge in [0.2, 0.25) is 0 Å². The minimum atomic E-state index is -0.0908. The summed E-state index contributed by atoms with van der Waals surface area (Å²) >= 11 is 0.